The molecule has 0 bridgehead atoms. The minimum Gasteiger partial charge on any atom is -0.312 e. The van der Waals surface area contributed by atoms with E-state index in [-0.39, 0.29) is 0 Å². The van der Waals surface area contributed by atoms with E-state index >= 15 is 0 Å². The minimum atomic E-state index is 0.509. The second kappa shape index (κ2) is 6.56. The lowest BCUT2D eigenvalue weighted by atomic mass is 10.1. The molecule has 0 saturated heterocycles. The van der Waals surface area contributed by atoms with Gasteiger partial charge in [-0.05, 0) is 37.4 Å². The Labute approximate surface area is 102 Å². The van der Waals surface area contributed by atoms with Gasteiger partial charge in [0, 0.05) is 21.9 Å². The maximum absolute atomic E-state index is 3.41. The van der Waals surface area contributed by atoms with Gasteiger partial charge in [0.15, 0.2) is 0 Å². The molecule has 2 atom stereocenters. The van der Waals surface area contributed by atoms with Crippen molar-refractivity contribution in [1.29, 1.82) is 0 Å². The molecule has 0 radical (unpaired) electrons. The molecule has 15 heavy (non-hydrogen) atoms. The molecule has 1 rings (SSSR count). The Morgan fingerprint density at radius 2 is 2.27 bits per heavy atom. The zero-order valence-electron chi connectivity index (χ0n) is 10.0. The van der Waals surface area contributed by atoms with Crippen LogP contribution in [0.4, 0.5) is 0 Å². The van der Waals surface area contributed by atoms with E-state index in [0.29, 0.717) is 6.04 Å². The third-order valence-corrected chi connectivity index (χ3v) is 5.03. The van der Waals surface area contributed by atoms with E-state index in [1.165, 1.54) is 22.6 Å². The van der Waals surface area contributed by atoms with E-state index in [2.05, 4.69) is 56.3 Å². The Kier molecular flexibility index (Phi) is 5.72. The van der Waals surface area contributed by atoms with Crippen molar-refractivity contribution in [2.75, 3.05) is 12.8 Å². The molecule has 1 aromatic heterocycles. The summed E-state index contributed by atoms with van der Waals surface area (Å²) in [5.74, 6) is 1.17. The van der Waals surface area contributed by atoms with Gasteiger partial charge in [-0.2, -0.15) is 11.8 Å². The first-order valence-corrected chi connectivity index (χ1v) is 7.44. The number of hydrogen-bond donors (Lipinski definition) is 1. The Morgan fingerprint density at radius 3 is 2.73 bits per heavy atom. The Hall–Kier alpha value is 0.01000. The van der Waals surface area contributed by atoms with Crippen molar-refractivity contribution < 1.29 is 0 Å². The molecule has 3 heteroatoms. The van der Waals surface area contributed by atoms with Crippen molar-refractivity contribution >= 4 is 23.1 Å². The minimum absolute atomic E-state index is 0.509. The Bertz CT molecular complexity index is 283. The summed E-state index contributed by atoms with van der Waals surface area (Å²) < 4.78 is 0. The molecule has 1 aromatic rings. The smallest absolute Gasteiger partial charge is 0.0420 e. The van der Waals surface area contributed by atoms with Crippen molar-refractivity contribution in [1.82, 2.24) is 5.32 Å². The average molecular weight is 243 g/mol. The molecule has 2 unspecified atom stereocenters. The maximum atomic E-state index is 3.41. The zero-order valence-corrected chi connectivity index (χ0v) is 11.7. The topological polar surface area (TPSA) is 12.0 Å². The molecular weight excluding hydrogens is 222 g/mol. The first kappa shape index (κ1) is 13.1. The van der Waals surface area contributed by atoms with Crippen LogP contribution >= 0.6 is 23.1 Å². The van der Waals surface area contributed by atoms with Crippen LogP contribution in [-0.4, -0.2) is 18.1 Å². The third-order valence-electron chi connectivity index (χ3n) is 2.75. The molecule has 0 spiro atoms. The number of aryl methyl sites for hydroxylation is 1. The van der Waals surface area contributed by atoms with Gasteiger partial charge < -0.3 is 5.32 Å². The summed E-state index contributed by atoms with van der Waals surface area (Å²) in [5, 5.41) is 6.36. The van der Waals surface area contributed by atoms with E-state index in [1.807, 2.05) is 11.3 Å². The lowest BCUT2D eigenvalue weighted by Gasteiger charge is -2.18. The van der Waals surface area contributed by atoms with Crippen LogP contribution in [0.5, 0.6) is 0 Å². The lowest BCUT2D eigenvalue weighted by molar-refractivity contribution is 0.659. The second-order valence-electron chi connectivity index (χ2n) is 3.83. The fourth-order valence-corrected chi connectivity index (χ4v) is 3.33. The fourth-order valence-electron chi connectivity index (χ4n) is 1.46. The molecule has 0 aliphatic heterocycles. The quantitative estimate of drug-likeness (QED) is 0.814. The van der Waals surface area contributed by atoms with Crippen LogP contribution in [-0.2, 0) is 0 Å². The molecule has 0 aromatic carbocycles. The van der Waals surface area contributed by atoms with Crippen LogP contribution in [0.15, 0.2) is 11.4 Å². The van der Waals surface area contributed by atoms with E-state index in [1.54, 1.807) is 0 Å². The zero-order chi connectivity index (χ0) is 11.3. The Morgan fingerprint density at radius 1 is 1.53 bits per heavy atom. The molecule has 0 fully saturated rings. The van der Waals surface area contributed by atoms with Crippen molar-refractivity contribution in [3.8, 4) is 0 Å². The lowest BCUT2D eigenvalue weighted by Crippen LogP contribution is -2.19. The normalized spacial score (nSPS) is 15.2. The SMILES string of the molecule is CCC(C)SCC(NC)c1ccsc1C. The summed E-state index contributed by atoms with van der Waals surface area (Å²) in [5.41, 5.74) is 1.47. The van der Waals surface area contributed by atoms with Crippen LogP contribution in [0.3, 0.4) is 0 Å². The largest absolute Gasteiger partial charge is 0.312 e. The van der Waals surface area contributed by atoms with Crippen molar-refractivity contribution in [2.45, 2.75) is 38.5 Å². The molecule has 0 saturated carbocycles. The summed E-state index contributed by atoms with van der Waals surface area (Å²) in [4.78, 5) is 1.44. The summed E-state index contributed by atoms with van der Waals surface area (Å²) in [6.07, 6.45) is 1.25. The highest BCUT2D eigenvalue weighted by Gasteiger charge is 2.13. The molecule has 0 amide bonds. The van der Waals surface area contributed by atoms with Crippen LogP contribution < -0.4 is 5.32 Å². The predicted molar refractivity (Wildman–Crippen MR) is 73.1 cm³/mol. The first-order chi connectivity index (χ1) is 7.19. The summed E-state index contributed by atoms with van der Waals surface area (Å²) >= 11 is 3.90. The summed E-state index contributed by atoms with van der Waals surface area (Å²) in [6, 6.07) is 2.76. The maximum Gasteiger partial charge on any atom is 0.0420 e. The third kappa shape index (κ3) is 3.82. The first-order valence-electron chi connectivity index (χ1n) is 5.51. The van der Waals surface area contributed by atoms with Crippen LogP contribution in [0, 0.1) is 6.92 Å². The summed E-state index contributed by atoms with van der Waals surface area (Å²) in [6.45, 7) is 6.76. The van der Waals surface area contributed by atoms with E-state index < -0.39 is 0 Å². The van der Waals surface area contributed by atoms with Crippen molar-refractivity contribution in [2.24, 2.45) is 0 Å². The van der Waals surface area contributed by atoms with Gasteiger partial charge in [0.25, 0.3) is 0 Å². The number of hydrogen-bond acceptors (Lipinski definition) is 3. The van der Waals surface area contributed by atoms with Gasteiger partial charge in [0.1, 0.15) is 0 Å². The highest BCUT2D eigenvalue weighted by Crippen LogP contribution is 2.27. The van der Waals surface area contributed by atoms with E-state index in [0.717, 1.165) is 5.25 Å². The van der Waals surface area contributed by atoms with Gasteiger partial charge in [-0.3, -0.25) is 0 Å². The van der Waals surface area contributed by atoms with Gasteiger partial charge in [0.05, 0.1) is 0 Å². The van der Waals surface area contributed by atoms with Crippen molar-refractivity contribution in [3.05, 3.63) is 21.9 Å². The highest BCUT2D eigenvalue weighted by molar-refractivity contribution is 7.99. The predicted octanol–water partition coefficient (Wildman–Crippen LogP) is 3.85. The standard InChI is InChI=1S/C12H21NS2/c1-5-9(2)15-8-12(13-4)11-6-7-14-10(11)3/h6-7,9,12-13H,5,8H2,1-4H3. The van der Waals surface area contributed by atoms with E-state index in [4.69, 9.17) is 0 Å². The monoisotopic (exact) mass is 243 g/mol. The molecule has 0 aliphatic carbocycles. The number of nitrogens with one attached hydrogen (secondary N) is 1. The van der Waals surface area contributed by atoms with Gasteiger partial charge >= 0.3 is 0 Å². The van der Waals surface area contributed by atoms with Crippen LogP contribution in [0.25, 0.3) is 0 Å². The summed E-state index contributed by atoms with van der Waals surface area (Å²) in [7, 11) is 2.05. The number of thiophene rings is 1. The van der Waals surface area contributed by atoms with Crippen molar-refractivity contribution in [3.63, 3.8) is 0 Å². The average Bonchev–Trinajstić information content (AvgIpc) is 2.65. The van der Waals surface area contributed by atoms with Crippen LogP contribution in [0.1, 0.15) is 36.8 Å². The second-order valence-corrected chi connectivity index (χ2v) is 6.42. The molecule has 0 aliphatic rings. The van der Waals surface area contributed by atoms with Gasteiger partial charge in [-0.15, -0.1) is 11.3 Å². The molecule has 1 heterocycles. The molecule has 1 nitrogen and oxygen atoms in total. The fraction of sp³-hybridized carbons (Fsp3) is 0.667. The van der Waals surface area contributed by atoms with Gasteiger partial charge in [-0.1, -0.05) is 13.8 Å². The number of thioether (sulfide) groups is 1. The Balaban J connectivity index is 2.53. The molecule has 1 N–H and O–H groups in total. The van der Waals surface area contributed by atoms with Crippen LogP contribution in [0.2, 0.25) is 0 Å². The van der Waals surface area contributed by atoms with E-state index in [9.17, 15) is 0 Å². The molecule has 86 valence electrons. The molecular formula is C12H21NS2. The number of rotatable bonds is 6. The highest BCUT2D eigenvalue weighted by atomic mass is 32.2. The van der Waals surface area contributed by atoms with Gasteiger partial charge in [0.2, 0.25) is 0 Å². The van der Waals surface area contributed by atoms with Gasteiger partial charge in [-0.25, -0.2) is 0 Å².